The van der Waals surface area contributed by atoms with E-state index in [1.54, 1.807) is 0 Å². The highest BCUT2D eigenvalue weighted by Crippen LogP contribution is 2.30. The molecule has 2 rings (SSSR count). The lowest BCUT2D eigenvalue weighted by Gasteiger charge is -2.25. The third-order valence-electron chi connectivity index (χ3n) is 3.48. The van der Waals surface area contributed by atoms with E-state index in [-0.39, 0.29) is 0 Å². The van der Waals surface area contributed by atoms with Gasteiger partial charge in [0.25, 0.3) is 0 Å². The molecule has 0 bridgehead atoms. The number of hydrogen-bond donors (Lipinski definition) is 0. The molecule has 92 valence electrons. The van der Waals surface area contributed by atoms with Crippen molar-refractivity contribution < 1.29 is 9.53 Å². The molecule has 1 atom stereocenters. The molecule has 1 aliphatic heterocycles. The second-order valence-corrected chi connectivity index (χ2v) is 4.70. The zero-order valence-corrected chi connectivity index (χ0v) is 10.4. The van der Waals surface area contributed by atoms with Gasteiger partial charge in [-0.3, -0.25) is 4.79 Å². The summed E-state index contributed by atoms with van der Waals surface area (Å²) in [5.74, 6) is 0.477. The van der Waals surface area contributed by atoms with Crippen LogP contribution in [0.15, 0.2) is 18.2 Å². The average molecular weight is 232 g/mol. The second kappa shape index (κ2) is 5.97. The number of ether oxygens (including phenoxy) is 1. The highest BCUT2D eigenvalue weighted by atomic mass is 16.5. The van der Waals surface area contributed by atoms with Crippen molar-refractivity contribution in [2.75, 3.05) is 13.2 Å². The maximum absolute atomic E-state index is 11.1. The third-order valence-corrected chi connectivity index (χ3v) is 3.48. The summed E-state index contributed by atoms with van der Waals surface area (Å²) in [5.41, 5.74) is 3.42. The van der Waals surface area contributed by atoms with Gasteiger partial charge >= 0.3 is 0 Å². The normalized spacial score (nSPS) is 20.2. The molecule has 0 N–H and O–H groups in total. The summed E-state index contributed by atoms with van der Waals surface area (Å²) < 4.78 is 5.55. The third kappa shape index (κ3) is 2.75. The van der Waals surface area contributed by atoms with Crippen molar-refractivity contribution in [3.05, 3.63) is 34.9 Å². The molecule has 0 amide bonds. The van der Waals surface area contributed by atoms with Crippen LogP contribution in [0.4, 0.5) is 0 Å². The van der Waals surface area contributed by atoms with Crippen molar-refractivity contribution in [3.8, 4) is 0 Å². The summed E-state index contributed by atoms with van der Waals surface area (Å²) in [6.07, 6.45) is 5.35. The number of aldehydes is 1. The Morgan fingerprint density at radius 3 is 3.00 bits per heavy atom. The van der Waals surface area contributed by atoms with Crippen LogP contribution in [0.25, 0.3) is 0 Å². The second-order valence-electron chi connectivity index (χ2n) is 4.70. The number of carbonyl (C=O) groups excluding carboxylic acids is 1. The summed E-state index contributed by atoms with van der Waals surface area (Å²) >= 11 is 0. The molecule has 0 aromatic heterocycles. The molecule has 1 aromatic rings. The van der Waals surface area contributed by atoms with Crippen molar-refractivity contribution >= 4 is 6.29 Å². The van der Waals surface area contributed by atoms with Crippen LogP contribution in [-0.2, 0) is 11.2 Å². The summed E-state index contributed by atoms with van der Waals surface area (Å²) in [5, 5.41) is 0. The van der Waals surface area contributed by atoms with Crippen LogP contribution in [0.5, 0.6) is 0 Å². The maximum atomic E-state index is 11.1. The van der Waals surface area contributed by atoms with Gasteiger partial charge in [-0.15, -0.1) is 0 Å². The molecule has 2 nitrogen and oxygen atoms in total. The van der Waals surface area contributed by atoms with Gasteiger partial charge in [-0.1, -0.05) is 31.5 Å². The minimum absolute atomic E-state index is 0.477. The van der Waals surface area contributed by atoms with E-state index in [1.165, 1.54) is 17.5 Å². The van der Waals surface area contributed by atoms with Crippen LogP contribution in [0.3, 0.4) is 0 Å². The van der Waals surface area contributed by atoms with E-state index < -0.39 is 0 Å². The van der Waals surface area contributed by atoms with E-state index in [4.69, 9.17) is 4.74 Å². The Kier molecular flexibility index (Phi) is 4.32. The Hall–Kier alpha value is -1.15. The Morgan fingerprint density at radius 2 is 2.35 bits per heavy atom. The lowest BCUT2D eigenvalue weighted by molar-refractivity contribution is 0.0801. The minimum atomic E-state index is 0.477. The quantitative estimate of drug-likeness (QED) is 0.744. The van der Waals surface area contributed by atoms with Crippen molar-refractivity contribution in [2.24, 2.45) is 0 Å². The molecule has 0 radical (unpaired) electrons. The predicted octanol–water partition coefficient (Wildman–Crippen LogP) is 3.35. The minimum Gasteiger partial charge on any atom is -0.381 e. The van der Waals surface area contributed by atoms with Crippen LogP contribution in [0, 0.1) is 0 Å². The largest absolute Gasteiger partial charge is 0.381 e. The van der Waals surface area contributed by atoms with Gasteiger partial charge in [-0.2, -0.15) is 0 Å². The van der Waals surface area contributed by atoms with E-state index >= 15 is 0 Å². The molecule has 0 saturated carbocycles. The van der Waals surface area contributed by atoms with E-state index in [0.29, 0.717) is 5.92 Å². The van der Waals surface area contributed by atoms with Gasteiger partial charge in [0.2, 0.25) is 0 Å². The Balaban J connectivity index is 2.33. The Bertz CT molecular complexity index is 379. The predicted molar refractivity (Wildman–Crippen MR) is 68.6 cm³/mol. The smallest absolute Gasteiger partial charge is 0.150 e. The van der Waals surface area contributed by atoms with Crippen LogP contribution in [-0.4, -0.2) is 19.5 Å². The molecule has 1 fully saturated rings. The zero-order valence-electron chi connectivity index (χ0n) is 10.4. The highest BCUT2D eigenvalue weighted by Gasteiger charge is 2.19. The van der Waals surface area contributed by atoms with Crippen LogP contribution in [0.2, 0.25) is 0 Å². The summed E-state index contributed by atoms with van der Waals surface area (Å²) in [7, 11) is 0. The maximum Gasteiger partial charge on any atom is 0.150 e. The fraction of sp³-hybridized carbons (Fsp3) is 0.533. The monoisotopic (exact) mass is 232 g/mol. The van der Waals surface area contributed by atoms with Gasteiger partial charge < -0.3 is 4.74 Å². The van der Waals surface area contributed by atoms with Crippen LogP contribution >= 0.6 is 0 Å². The number of rotatable bonds is 4. The first-order valence-electron chi connectivity index (χ1n) is 6.51. The molecule has 1 unspecified atom stereocenters. The van der Waals surface area contributed by atoms with E-state index in [9.17, 15) is 4.79 Å². The first-order chi connectivity index (χ1) is 8.36. The lowest BCUT2D eigenvalue weighted by Crippen LogP contribution is -2.17. The molecular formula is C15H20O2. The van der Waals surface area contributed by atoms with E-state index in [1.807, 2.05) is 12.1 Å². The molecule has 0 aliphatic carbocycles. The van der Waals surface area contributed by atoms with Crippen LogP contribution < -0.4 is 0 Å². The number of carbonyl (C=O) groups is 1. The first kappa shape index (κ1) is 12.3. The summed E-state index contributed by atoms with van der Waals surface area (Å²) in [6, 6.07) is 6.08. The molecule has 17 heavy (non-hydrogen) atoms. The standard InChI is InChI=1S/C15H20O2/c1-2-5-14-12(10-16)6-3-8-15(14)13-7-4-9-17-11-13/h3,6,8,10,13H,2,4-5,7,9,11H2,1H3. The van der Waals surface area contributed by atoms with Gasteiger partial charge in [0.1, 0.15) is 6.29 Å². The van der Waals surface area contributed by atoms with Crippen molar-refractivity contribution in [3.63, 3.8) is 0 Å². The van der Waals surface area contributed by atoms with Crippen molar-refractivity contribution in [1.82, 2.24) is 0 Å². The number of benzene rings is 1. The topological polar surface area (TPSA) is 26.3 Å². The van der Waals surface area contributed by atoms with E-state index in [0.717, 1.165) is 44.3 Å². The Morgan fingerprint density at radius 1 is 1.47 bits per heavy atom. The first-order valence-corrected chi connectivity index (χ1v) is 6.51. The molecule has 0 spiro atoms. The highest BCUT2D eigenvalue weighted by molar-refractivity contribution is 5.78. The van der Waals surface area contributed by atoms with Gasteiger partial charge in [-0.05, 0) is 30.4 Å². The van der Waals surface area contributed by atoms with Crippen molar-refractivity contribution in [1.29, 1.82) is 0 Å². The van der Waals surface area contributed by atoms with Crippen LogP contribution in [0.1, 0.15) is 53.6 Å². The molecule has 1 saturated heterocycles. The zero-order chi connectivity index (χ0) is 12.1. The summed E-state index contributed by atoms with van der Waals surface area (Å²) in [4.78, 5) is 11.1. The molecule has 1 aromatic carbocycles. The fourth-order valence-corrected chi connectivity index (χ4v) is 2.64. The molecule has 1 aliphatic rings. The van der Waals surface area contributed by atoms with E-state index in [2.05, 4.69) is 13.0 Å². The van der Waals surface area contributed by atoms with Crippen molar-refractivity contribution in [2.45, 2.75) is 38.5 Å². The fourth-order valence-electron chi connectivity index (χ4n) is 2.64. The average Bonchev–Trinajstić information content (AvgIpc) is 2.40. The van der Waals surface area contributed by atoms with Gasteiger partial charge in [0.05, 0.1) is 6.61 Å². The lowest BCUT2D eigenvalue weighted by atomic mass is 9.86. The van der Waals surface area contributed by atoms with Gasteiger partial charge in [0.15, 0.2) is 0 Å². The molecular weight excluding hydrogens is 212 g/mol. The SMILES string of the molecule is CCCc1c(C=O)cccc1C1CCCOC1. The van der Waals surface area contributed by atoms with Gasteiger partial charge in [-0.25, -0.2) is 0 Å². The Labute approximate surface area is 103 Å². The molecule has 1 heterocycles. The summed E-state index contributed by atoms with van der Waals surface area (Å²) in [6.45, 7) is 3.84. The van der Waals surface area contributed by atoms with Gasteiger partial charge in [0, 0.05) is 18.1 Å². The number of hydrogen-bond acceptors (Lipinski definition) is 2. The molecule has 2 heteroatoms.